The third-order valence-electron chi connectivity index (χ3n) is 3.64. The molecule has 1 unspecified atom stereocenters. The molecule has 1 atom stereocenters. The molecule has 26 heavy (non-hydrogen) atoms. The number of rotatable bonds is 7. The van der Waals surface area contributed by atoms with Crippen LogP contribution >= 0.6 is 11.7 Å². The fourth-order valence-corrected chi connectivity index (χ4v) is 2.94. The van der Waals surface area contributed by atoms with E-state index in [4.69, 9.17) is 10.2 Å². The molecule has 0 bridgehead atoms. The fraction of sp³-hybridized carbons (Fsp3) is 0.118. The first-order chi connectivity index (χ1) is 12.6. The number of amides is 2. The Kier molecular flexibility index (Phi) is 5.18. The maximum atomic E-state index is 12.6. The van der Waals surface area contributed by atoms with Crippen molar-refractivity contribution in [3.05, 3.63) is 60.2 Å². The first kappa shape index (κ1) is 17.5. The van der Waals surface area contributed by atoms with E-state index in [1.165, 1.54) is 12.5 Å². The van der Waals surface area contributed by atoms with Crippen molar-refractivity contribution in [3.8, 4) is 11.3 Å². The van der Waals surface area contributed by atoms with E-state index >= 15 is 0 Å². The van der Waals surface area contributed by atoms with E-state index in [0.29, 0.717) is 11.3 Å². The highest BCUT2D eigenvalue weighted by Gasteiger charge is 2.28. The number of furan rings is 1. The zero-order valence-electron chi connectivity index (χ0n) is 13.4. The fourth-order valence-electron chi connectivity index (χ4n) is 2.38. The van der Waals surface area contributed by atoms with E-state index in [-0.39, 0.29) is 12.1 Å². The maximum absolute atomic E-state index is 12.6. The van der Waals surface area contributed by atoms with E-state index < -0.39 is 23.6 Å². The van der Waals surface area contributed by atoms with E-state index in [0.717, 1.165) is 17.3 Å². The number of Topliss-reactive ketones (excluding diaryl/α,β-unsaturated/α-hetero) is 1. The van der Waals surface area contributed by atoms with Crippen LogP contribution in [0.1, 0.15) is 16.1 Å². The number of carbonyl (C=O) groups excluding carboxylic acids is 3. The van der Waals surface area contributed by atoms with Crippen molar-refractivity contribution in [2.45, 2.75) is 12.5 Å². The molecule has 0 saturated heterocycles. The quantitative estimate of drug-likeness (QED) is 0.601. The van der Waals surface area contributed by atoms with Crippen LogP contribution < -0.4 is 11.1 Å². The molecule has 0 radical (unpaired) electrons. The number of hydrogen-bond donors (Lipinski definition) is 2. The Labute approximate surface area is 152 Å². The summed E-state index contributed by atoms with van der Waals surface area (Å²) in [5.41, 5.74) is 6.94. The molecule has 0 aliphatic heterocycles. The van der Waals surface area contributed by atoms with Crippen LogP contribution in [-0.2, 0) is 16.0 Å². The van der Waals surface area contributed by atoms with Crippen LogP contribution in [0.2, 0.25) is 0 Å². The number of primary amides is 1. The van der Waals surface area contributed by atoms with Crippen LogP contribution in [0.4, 0.5) is 0 Å². The van der Waals surface area contributed by atoms with Gasteiger partial charge >= 0.3 is 0 Å². The molecule has 2 heterocycles. The van der Waals surface area contributed by atoms with Gasteiger partial charge in [-0.25, -0.2) is 0 Å². The smallest absolute Gasteiger partial charge is 0.287 e. The number of nitrogens with two attached hydrogens (primary N) is 1. The highest BCUT2D eigenvalue weighted by Crippen LogP contribution is 2.21. The average Bonchev–Trinajstić information content (AvgIpc) is 3.32. The normalized spacial score (nSPS) is 11.7. The minimum atomic E-state index is -1.13. The van der Waals surface area contributed by atoms with Gasteiger partial charge in [-0.2, -0.15) is 8.75 Å². The van der Waals surface area contributed by atoms with Gasteiger partial charge in [-0.05, 0) is 11.6 Å². The predicted octanol–water partition coefficient (Wildman–Crippen LogP) is 1.19. The Morgan fingerprint density at radius 3 is 2.58 bits per heavy atom. The van der Waals surface area contributed by atoms with Crippen LogP contribution in [0.5, 0.6) is 0 Å². The molecule has 0 aliphatic rings. The minimum absolute atomic E-state index is 0.0717. The Bertz CT molecular complexity index is 921. The standard InChI is InChI=1S/C17H14N4O4S/c18-16(23)15(22)12(8-10-6-7-25-9-10)19-17(24)14-13(20-26-21-14)11-4-2-1-3-5-11/h1-7,9,12H,8H2,(H2,18,23)(H,19,24). The van der Waals surface area contributed by atoms with Crippen molar-refractivity contribution in [3.63, 3.8) is 0 Å². The molecular weight excluding hydrogens is 356 g/mol. The summed E-state index contributed by atoms with van der Waals surface area (Å²) in [5.74, 6) is -2.64. The van der Waals surface area contributed by atoms with Crippen molar-refractivity contribution in [1.29, 1.82) is 0 Å². The highest BCUT2D eigenvalue weighted by atomic mass is 32.1. The van der Waals surface area contributed by atoms with E-state index in [1.807, 2.05) is 18.2 Å². The lowest BCUT2D eigenvalue weighted by atomic mass is 10.0. The number of benzene rings is 1. The monoisotopic (exact) mass is 370 g/mol. The number of carbonyl (C=O) groups is 3. The van der Waals surface area contributed by atoms with Crippen molar-refractivity contribution >= 4 is 29.3 Å². The topological polar surface area (TPSA) is 128 Å². The molecule has 3 aromatic rings. The molecule has 3 rings (SSSR count). The lowest BCUT2D eigenvalue weighted by Gasteiger charge is -2.15. The van der Waals surface area contributed by atoms with E-state index in [2.05, 4.69) is 14.1 Å². The first-order valence-electron chi connectivity index (χ1n) is 7.60. The summed E-state index contributed by atoms with van der Waals surface area (Å²) in [6, 6.07) is 9.57. The molecule has 2 amide bonds. The zero-order chi connectivity index (χ0) is 18.5. The minimum Gasteiger partial charge on any atom is -0.472 e. The van der Waals surface area contributed by atoms with Crippen LogP contribution in [0.3, 0.4) is 0 Å². The maximum Gasteiger partial charge on any atom is 0.287 e. The summed E-state index contributed by atoms with van der Waals surface area (Å²) in [6.45, 7) is 0. The lowest BCUT2D eigenvalue weighted by molar-refractivity contribution is -0.137. The number of nitrogens with zero attached hydrogens (tertiary/aromatic N) is 2. The molecule has 2 aromatic heterocycles. The van der Waals surface area contributed by atoms with Gasteiger partial charge in [0.2, 0.25) is 5.78 Å². The van der Waals surface area contributed by atoms with Gasteiger partial charge in [0, 0.05) is 12.0 Å². The molecule has 0 fully saturated rings. The molecule has 0 spiro atoms. The van der Waals surface area contributed by atoms with E-state index in [9.17, 15) is 14.4 Å². The molecule has 3 N–H and O–H groups in total. The Morgan fingerprint density at radius 1 is 1.15 bits per heavy atom. The third kappa shape index (κ3) is 3.83. The van der Waals surface area contributed by atoms with Gasteiger partial charge in [-0.15, -0.1) is 0 Å². The summed E-state index contributed by atoms with van der Waals surface area (Å²) in [7, 11) is 0. The van der Waals surface area contributed by atoms with Crippen LogP contribution in [-0.4, -0.2) is 32.4 Å². The van der Waals surface area contributed by atoms with Gasteiger partial charge in [0.25, 0.3) is 11.8 Å². The SMILES string of the molecule is NC(=O)C(=O)C(Cc1ccoc1)NC(=O)c1nsnc1-c1ccccc1. The highest BCUT2D eigenvalue weighted by molar-refractivity contribution is 6.99. The molecule has 1 aromatic carbocycles. The van der Waals surface area contributed by atoms with Crippen LogP contribution in [0.15, 0.2) is 53.3 Å². The number of aromatic nitrogens is 2. The van der Waals surface area contributed by atoms with Crippen molar-refractivity contribution in [2.75, 3.05) is 0 Å². The van der Waals surface area contributed by atoms with Gasteiger partial charge in [0.05, 0.1) is 24.3 Å². The van der Waals surface area contributed by atoms with E-state index in [1.54, 1.807) is 18.2 Å². The van der Waals surface area contributed by atoms with Crippen LogP contribution in [0.25, 0.3) is 11.3 Å². The summed E-state index contributed by atoms with van der Waals surface area (Å²) < 4.78 is 13.1. The van der Waals surface area contributed by atoms with Gasteiger partial charge in [0.15, 0.2) is 5.69 Å². The number of nitrogens with one attached hydrogen (secondary N) is 1. The molecule has 8 nitrogen and oxygen atoms in total. The molecule has 132 valence electrons. The summed E-state index contributed by atoms with van der Waals surface area (Å²) >= 11 is 0.884. The van der Waals surface area contributed by atoms with Gasteiger partial charge in [0.1, 0.15) is 11.7 Å². The van der Waals surface area contributed by atoms with Gasteiger partial charge < -0.3 is 15.5 Å². The largest absolute Gasteiger partial charge is 0.472 e. The van der Waals surface area contributed by atoms with Crippen molar-refractivity contribution in [2.24, 2.45) is 5.73 Å². The molecular formula is C17H14N4O4S. The number of hydrogen-bond acceptors (Lipinski definition) is 7. The molecule has 0 aliphatic carbocycles. The molecule has 9 heteroatoms. The van der Waals surface area contributed by atoms with Gasteiger partial charge in [-0.3, -0.25) is 14.4 Å². The summed E-state index contributed by atoms with van der Waals surface area (Å²) in [6.07, 6.45) is 2.93. The Morgan fingerprint density at radius 2 is 1.92 bits per heavy atom. The summed E-state index contributed by atoms with van der Waals surface area (Å²) in [4.78, 5) is 36.0. The first-order valence-corrected chi connectivity index (χ1v) is 8.33. The zero-order valence-corrected chi connectivity index (χ0v) is 14.2. The average molecular weight is 370 g/mol. The second-order valence-electron chi connectivity index (χ2n) is 5.42. The summed E-state index contributed by atoms with van der Waals surface area (Å²) in [5, 5.41) is 2.52. The predicted molar refractivity (Wildman–Crippen MR) is 93.2 cm³/mol. The second kappa shape index (κ2) is 7.70. The van der Waals surface area contributed by atoms with Crippen LogP contribution in [0, 0.1) is 0 Å². The lowest BCUT2D eigenvalue weighted by Crippen LogP contribution is -2.47. The third-order valence-corrected chi connectivity index (χ3v) is 4.16. The Hall–Kier alpha value is -3.33. The second-order valence-corrected chi connectivity index (χ2v) is 5.95. The number of ketones is 1. The van der Waals surface area contributed by atoms with Gasteiger partial charge in [-0.1, -0.05) is 30.3 Å². The Balaban J connectivity index is 1.83. The van der Waals surface area contributed by atoms with Crippen molar-refractivity contribution in [1.82, 2.24) is 14.1 Å². The molecule has 0 saturated carbocycles. The van der Waals surface area contributed by atoms with Crippen molar-refractivity contribution < 1.29 is 18.8 Å².